The first kappa shape index (κ1) is 23.5. The summed E-state index contributed by atoms with van der Waals surface area (Å²) in [7, 11) is 3.16. The largest absolute Gasteiger partial charge is 0.497 e. The monoisotopic (exact) mass is 475 g/mol. The molecule has 8 heteroatoms. The van der Waals surface area contributed by atoms with Gasteiger partial charge in [0.15, 0.2) is 5.16 Å². The lowest BCUT2D eigenvalue weighted by molar-refractivity contribution is -0.115. The van der Waals surface area contributed by atoms with Gasteiger partial charge in [-0.15, -0.1) is 0 Å². The van der Waals surface area contributed by atoms with Gasteiger partial charge in [-0.1, -0.05) is 60.3 Å². The molecular formula is C26H25N3O4S. The predicted octanol–water partition coefficient (Wildman–Crippen LogP) is 4.52. The summed E-state index contributed by atoms with van der Waals surface area (Å²) in [5, 5.41) is 3.31. The minimum Gasteiger partial charge on any atom is -0.497 e. The van der Waals surface area contributed by atoms with Crippen molar-refractivity contribution in [2.24, 2.45) is 0 Å². The Bertz CT molecular complexity index is 1340. The normalized spacial score (nSPS) is 11.8. The van der Waals surface area contributed by atoms with Crippen LogP contribution in [0.5, 0.6) is 5.75 Å². The van der Waals surface area contributed by atoms with Gasteiger partial charge in [0.2, 0.25) is 5.91 Å². The van der Waals surface area contributed by atoms with Gasteiger partial charge in [-0.05, 0) is 29.8 Å². The number of rotatable bonds is 9. The van der Waals surface area contributed by atoms with Gasteiger partial charge < -0.3 is 14.8 Å². The highest BCUT2D eigenvalue weighted by atomic mass is 32.2. The van der Waals surface area contributed by atoms with Crippen molar-refractivity contribution >= 4 is 34.3 Å². The number of methoxy groups -OCH3 is 2. The van der Waals surface area contributed by atoms with Crippen LogP contribution in [-0.2, 0) is 16.1 Å². The maximum absolute atomic E-state index is 13.5. The Morgan fingerprint density at radius 1 is 1.03 bits per heavy atom. The average Bonchev–Trinajstić information content (AvgIpc) is 2.87. The summed E-state index contributed by atoms with van der Waals surface area (Å²) in [5.74, 6) is 0.413. The topological polar surface area (TPSA) is 82.4 Å². The second-order valence-corrected chi connectivity index (χ2v) is 8.56. The van der Waals surface area contributed by atoms with E-state index < -0.39 is 5.25 Å². The van der Waals surface area contributed by atoms with Crippen LogP contribution in [0.25, 0.3) is 10.9 Å². The third kappa shape index (κ3) is 5.30. The summed E-state index contributed by atoms with van der Waals surface area (Å²) in [4.78, 5) is 31.5. The Morgan fingerprint density at radius 3 is 2.56 bits per heavy atom. The van der Waals surface area contributed by atoms with Crippen molar-refractivity contribution in [3.8, 4) is 5.75 Å². The summed E-state index contributed by atoms with van der Waals surface area (Å²) in [6, 6.07) is 23.8. The van der Waals surface area contributed by atoms with Crippen LogP contribution in [0.3, 0.4) is 0 Å². The van der Waals surface area contributed by atoms with Gasteiger partial charge in [0.1, 0.15) is 11.0 Å². The molecule has 174 valence electrons. The van der Waals surface area contributed by atoms with E-state index in [0.717, 1.165) is 5.56 Å². The number of nitrogens with one attached hydrogen (secondary N) is 1. The molecule has 4 rings (SSSR count). The zero-order chi connectivity index (χ0) is 23.9. The lowest BCUT2D eigenvalue weighted by Gasteiger charge is -2.19. The van der Waals surface area contributed by atoms with E-state index >= 15 is 0 Å². The summed E-state index contributed by atoms with van der Waals surface area (Å²) in [6.07, 6.45) is 0. The number of amides is 1. The van der Waals surface area contributed by atoms with Crippen molar-refractivity contribution in [3.63, 3.8) is 0 Å². The van der Waals surface area contributed by atoms with Gasteiger partial charge in [-0.25, -0.2) is 4.98 Å². The molecule has 0 spiro atoms. The zero-order valence-electron chi connectivity index (χ0n) is 18.9. The van der Waals surface area contributed by atoms with Crippen LogP contribution < -0.4 is 15.6 Å². The number of nitrogens with zero attached hydrogens (tertiary/aromatic N) is 2. The molecule has 1 heterocycles. The Kier molecular flexibility index (Phi) is 7.61. The number of hydrogen-bond donors (Lipinski definition) is 1. The average molecular weight is 476 g/mol. The highest BCUT2D eigenvalue weighted by molar-refractivity contribution is 8.00. The molecule has 0 aliphatic heterocycles. The molecule has 0 aliphatic carbocycles. The number of para-hydroxylation sites is 1. The van der Waals surface area contributed by atoms with Gasteiger partial charge in [0.25, 0.3) is 5.56 Å². The highest BCUT2D eigenvalue weighted by Crippen LogP contribution is 2.35. The molecule has 0 radical (unpaired) electrons. The van der Waals surface area contributed by atoms with Crippen molar-refractivity contribution in [2.75, 3.05) is 26.1 Å². The van der Waals surface area contributed by atoms with Gasteiger partial charge >= 0.3 is 0 Å². The quantitative estimate of drug-likeness (QED) is 0.283. The molecule has 34 heavy (non-hydrogen) atoms. The summed E-state index contributed by atoms with van der Waals surface area (Å²) >= 11 is 1.24. The van der Waals surface area contributed by atoms with E-state index in [4.69, 9.17) is 14.5 Å². The number of thioether (sulfide) groups is 1. The SMILES string of the molecule is COCCn1c(SC(C(=O)Nc2cccc(OC)c2)c2ccccc2)nc2ccccc2c1=O. The smallest absolute Gasteiger partial charge is 0.262 e. The number of fused-ring (bicyclic) bond motifs is 1. The van der Waals surface area contributed by atoms with Crippen LogP contribution in [0, 0.1) is 0 Å². The Balaban J connectivity index is 1.74. The molecule has 1 atom stereocenters. The number of carbonyl (C=O) groups is 1. The predicted molar refractivity (Wildman–Crippen MR) is 135 cm³/mol. The molecule has 4 aromatic rings. The molecule has 0 aliphatic rings. The van der Waals surface area contributed by atoms with E-state index in [9.17, 15) is 9.59 Å². The number of aromatic nitrogens is 2. The minimum atomic E-state index is -0.644. The zero-order valence-corrected chi connectivity index (χ0v) is 19.7. The van der Waals surface area contributed by atoms with E-state index in [-0.39, 0.29) is 11.5 Å². The second kappa shape index (κ2) is 11.0. The Hall–Kier alpha value is -3.62. The maximum Gasteiger partial charge on any atom is 0.262 e. The van der Waals surface area contributed by atoms with Gasteiger partial charge in [-0.3, -0.25) is 14.2 Å². The van der Waals surface area contributed by atoms with Crippen LogP contribution in [0.2, 0.25) is 0 Å². The number of benzene rings is 3. The summed E-state index contributed by atoms with van der Waals surface area (Å²) < 4.78 is 12.1. The second-order valence-electron chi connectivity index (χ2n) is 7.49. The van der Waals surface area contributed by atoms with Gasteiger partial charge in [-0.2, -0.15) is 0 Å². The number of anilines is 1. The van der Waals surface area contributed by atoms with Crippen LogP contribution >= 0.6 is 11.8 Å². The molecule has 1 N–H and O–H groups in total. The van der Waals surface area contributed by atoms with Gasteiger partial charge in [0, 0.05) is 18.9 Å². The third-order valence-corrected chi connectivity index (χ3v) is 6.49. The fraction of sp³-hybridized carbons (Fsp3) is 0.192. The van der Waals surface area contributed by atoms with Crippen molar-refractivity contribution in [2.45, 2.75) is 17.0 Å². The van der Waals surface area contributed by atoms with E-state index in [1.807, 2.05) is 54.6 Å². The summed E-state index contributed by atoms with van der Waals surface area (Å²) in [5.41, 5.74) is 1.84. The van der Waals surface area contributed by atoms with E-state index in [2.05, 4.69) is 5.32 Å². The van der Waals surface area contributed by atoms with Gasteiger partial charge in [0.05, 0.1) is 31.2 Å². The fourth-order valence-electron chi connectivity index (χ4n) is 3.53. The first-order chi connectivity index (χ1) is 16.6. The molecule has 0 bridgehead atoms. The molecule has 0 saturated heterocycles. The van der Waals surface area contributed by atoms with E-state index in [1.54, 1.807) is 43.1 Å². The van der Waals surface area contributed by atoms with E-state index in [0.29, 0.717) is 40.6 Å². The molecule has 3 aromatic carbocycles. The van der Waals surface area contributed by atoms with E-state index in [1.165, 1.54) is 11.8 Å². The summed E-state index contributed by atoms with van der Waals surface area (Å²) in [6.45, 7) is 0.675. The number of ether oxygens (including phenoxy) is 2. The first-order valence-corrected chi connectivity index (χ1v) is 11.6. The van der Waals surface area contributed by atoms with Crippen LogP contribution in [0.1, 0.15) is 10.8 Å². The van der Waals surface area contributed by atoms with Crippen LogP contribution in [0.4, 0.5) is 5.69 Å². The molecule has 1 amide bonds. The molecule has 0 saturated carbocycles. The van der Waals surface area contributed by atoms with Crippen molar-refractivity contribution in [1.82, 2.24) is 9.55 Å². The Morgan fingerprint density at radius 2 is 1.79 bits per heavy atom. The molecule has 1 unspecified atom stereocenters. The van der Waals surface area contributed by atoms with Crippen LogP contribution in [0.15, 0.2) is 88.8 Å². The number of hydrogen-bond acceptors (Lipinski definition) is 6. The van der Waals surface area contributed by atoms with Crippen LogP contribution in [-0.4, -0.2) is 36.3 Å². The lowest BCUT2D eigenvalue weighted by atomic mass is 10.1. The van der Waals surface area contributed by atoms with Crippen molar-refractivity contribution in [1.29, 1.82) is 0 Å². The molecule has 1 aromatic heterocycles. The first-order valence-electron chi connectivity index (χ1n) is 10.8. The molecule has 7 nitrogen and oxygen atoms in total. The molecular weight excluding hydrogens is 450 g/mol. The van der Waals surface area contributed by atoms with Crippen molar-refractivity contribution < 1.29 is 14.3 Å². The fourth-order valence-corrected chi connectivity index (χ4v) is 4.65. The Labute approximate surface area is 201 Å². The standard InChI is InChI=1S/C26H25N3O4S/c1-32-16-15-29-25(31)21-13-6-7-14-22(21)28-26(29)34-23(18-9-4-3-5-10-18)24(30)27-19-11-8-12-20(17-19)33-2/h3-14,17,23H,15-16H2,1-2H3,(H,27,30). The third-order valence-electron chi connectivity index (χ3n) is 5.25. The highest BCUT2D eigenvalue weighted by Gasteiger charge is 2.25. The molecule has 0 fully saturated rings. The minimum absolute atomic E-state index is 0.162. The lowest BCUT2D eigenvalue weighted by Crippen LogP contribution is -2.26. The number of carbonyl (C=O) groups excluding carboxylic acids is 1. The van der Waals surface area contributed by atoms with Crippen molar-refractivity contribution in [3.05, 3.63) is 94.8 Å². The maximum atomic E-state index is 13.5.